The number of halogens is 1. The summed E-state index contributed by atoms with van der Waals surface area (Å²) in [6.45, 7) is 5.24. The number of alkyl halides is 1. The number of hydrogen-bond acceptors (Lipinski definition) is 2. The molecular weight excluding hydrogens is 212 g/mol. The molecule has 15 heavy (non-hydrogen) atoms. The highest BCUT2D eigenvalue weighted by atomic mass is 35.5. The summed E-state index contributed by atoms with van der Waals surface area (Å²) in [5.41, 5.74) is 1.09. The molecule has 0 saturated carbocycles. The zero-order valence-corrected chi connectivity index (χ0v) is 9.37. The van der Waals surface area contributed by atoms with Crippen LogP contribution in [0.4, 0.5) is 0 Å². The molecule has 0 aliphatic rings. The van der Waals surface area contributed by atoms with Crippen LogP contribution in [0.5, 0.6) is 5.75 Å². The molecule has 0 bridgehead atoms. The van der Waals surface area contributed by atoms with Gasteiger partial charge in [0.15, 0.2) is 0 Å². The lowest BCUT2D eigenvalue weighted by Gasteiger charge is -2.06. The molecule has 0 fully saturated rings. The van der Waals surface area contributed by atoms with Gasteiger partial charge in [0.2, 0.25) is 0 Å². The van der Waals surface area contributed by atoms with Gasteiger partial charge in [0.05, 0.1) is 13.2 Å². The van der Waals surface area contributed by atoms with Crippen LogP contribution >= 0.6 is 11.6 Å². The Hall–Kier alpha value is -0.990. The van der Waals surface area contributed by atoms with Crippen LogP contribution in [0.2, 0.25) is 0 Å². The maximum atomic E-state index is 5.67. The van der Waals surface area contributed by atoms with Gasteiger partial charge in [0, 0.05) is 5.88 Å². The minimum absolute atomic E-state index is 0.530. The quantitative estimate of drug-likeness (QED) is 0.404. The van der Waals surface area contributed by atoms with Crippen molar-refractivity contribution in [3.63, 3.8) is 0 Å². The SMILES string of the molecule is C=CCOCCOc1ccc(CCl)cc1. The average Bonchev–Trinajstić information content (AvgIpc) is 2.30. The maximum Gasteiger partial charge on any atom is 0.119 e. The first-order chi connectivity index (χ1) is 7.36. The molecule has 0 amide bonds. The summed E-state index contributed by atoms with van der Waals surface area (Å²) < 4.78 is 10.6. The lowest BCUT2D eigenvalue weighted by molar-refractivity contribution is 0.121. The Bertz CT molecular complexity index is 282. The summed E-state index contributed by atoms with van der Waals surface area (Å²) in [6, 6.07) is 7.72. The molecule has 0 aromatic heterocycles. The van der Waals surface area contributed by atoms with Crippen molar-refractivity contribution in [3.8, 4) is 5.75 Å². The maximum absolute atomic E-state index is 5.67. The molecule has 0 radical (unpaired) electrons. The molecule has 0 spiro atoms. The first-order valence-corrected chi connectivity index (χ1v) is 5.36. The van der Waals surface area contributed by atoms with Crippen molar-refractivity contribution < 1.29 is 9.47 Å². The zero-order chi connectivity index (χ0) is 10.9. The van der Waals surface area contributed by atoms with E-state index in [2.05, 4.69) is 6.58 Å². The predicted molar refractivity (Wildman–Crippen MR) is 62.5 cm³/mol. The highest BCUT2D eigenvalue weighted by molar-refractivity contribution is 6.17. The van der Waals surface area contributed by atoms with E-state index in [0.717, 1.165) is 11.3 Å². The van der Waals surface area contributed by atoms with Crippen molar-refractivity contribution >= 4 is 11.6 Å². The summed E-state index contributed by atoms with van der Waals surface area (Å²) in [6.07, 6.45) is 1.72. The van der Waals surface area contributed by atoms with E-state index >= 15 is 0 Å². The topological polar surface area (TPSA) is 18.5 Å². The van der Waals surface area contributed by atoms with Gasteiger partial charge in [0.1, 0.15) is 12.4 Å². The van der Waals surface area contributed by atoms with Gasteiger partial charge < -0.3 is 9.47 Å². The smallest absolute Gasteiger partial charge is 0.119 e. The van der Waals surface area contributed by atoms with Gasteiger partial charge in [0.25, 0.3) is 0 Å². The highest BCUT2D eigenvalue weighted by Crippen LogP contribution is 2.13. The van der Waals surface area contributed by atoms with Crippen LogP contribution in [0.3, 0.4) is 0 Å². The van der Waals surface area contributed by atoms with Gasteiger partial charge in [-0.05, 0) is 17.7 Å². The summed E-state index contributed by atoms with van der Waals surface area (Å²) in [7, 11) is 0. The van der Waals surface area contributed by atoms with Crippen molar-refractivity contribution in [1.29, 1.82) is 0 Å². The lowest BCUT2D eigenvalue weighted by atomic mass is 10.2. The fourth-order valence-corrected chi connectivity index (χ4v) is 1.24. The zero-order valence-electron chi connectivity index (χ0n) is 8.62. The van der Waals surface area contributed by atoms with Crippen molar-refractivity contribution in [1.82, 2.24) is 0 Å². The van der Waals surface area contributed by atoms with E-state index in [-0.39, 0.29) is 0 Å². The summed E-state index contributed by atoms with van der Waals surface area (Å²) in [5.74, 6) is 1.37. The summed E-state index contributed by atoms with van der Waals surface area (Å²) >= 11 is 5.67. The molecular formula is C12H15ClO2. The first-order valence-electron chi connectivity index (χ1n) is 4.83. The van der Waals surface area contributed by atoms with E-state index < -0.39 is 0 Å². The van der Waals surface area contributed by atoms with Gasteiger partial charge in [-0.25, -0.2) is 0 Å². The Balaban J connectivity index is 2.22. The number of rotatable bonds is 7. The second-order valence-electron chi connectivity index (χ2n) is 2.99. The van der Waals surface area contributed by atoms with E-state index in [1.165, 1.54) is 0 Å². The second kappa shape index (κ2) is 7.32. The van der Waals surface area contributed by atoms with Crippen LogP contribution in [0.1, 0.15) is 5.56 Å². The molecule has 0 N–H and O–H groups in total. The van der Waals surface area contributed by atoms with E-state index in [4.69, 9.17) is 21.1 Å². The molecule has 0 aliphatic heterocycles. The molecule has 0 atom stereocenters. The third kappa shape index (κ3) is 4.86. The summed E-state index contributed by atoms with van der Waals surface area (Å²) in [5, 5.41) is 0. The van der Waals surface area contributed by atoms with Gasteiger partial charge in [-0.2, -0.15) is 0 Å². The minimum Gasteiger partial charge on any atom is -0.491 e. The molecule has 1 rings (SSSR count). The van der Waals surface area contributed by atoms with Crippen molar-refractivity contribution in [2.75, 3.05) is 19.8 Å². The van der Waals surface area contributed by atoms with Gasteiger partial charge in [-0.1, -0.05) is 18.2 Å². The number of ether oxygens (including phenoxy) is 2. The largest absolute Gasteiger partial charge is 0.491 e. The monoisotopic (exact) mass is 226 g/mol. The summed E-state index contributed by atoms with van der Waals surface area (Å²) in [4.78, 5) is 0. The van der Waals surface area contributed by atoms with Crippen LogP contribution in [0, 0.1) is 0 Å². The standard InChI is InChI=1S/C12H15ClO2/c1-2-7-14-8-9-15-12-5-3-11(10-13)4-6-12/h2-6H,1,7-10H2. The van der Waals surface area contributed by atoms with Crippen LogP contribution in [-0.2, 0) is 10.6 Å². The fourth-order valence-electron chi connectivity index (χ4n) is 1.06. The Morgan fingerprint density at radius 1 is 1.20 bits per heavy atom. The van der Waals surface area contributed by atoms with E-state index in [1.54, 1.807) is 6.08 Å². The van der Waals surface area contributed by atoms with Crippen LogP contribution in [-0.4, -0.2) is 19.8 Å². The number of hydrogen-bond donors (Lipinski definition) is 0. The van der Waals surface area contributed by atoms with E-state index in [0.29, 0.717) is 25.7 Å². The Morgan fingerprint density at radius 2 is 1.93 bits per heavy atom. The average molecular weight is 227 g/mol. The molecule has 0 saturated heterocycles. The van der Waals surface area contributed by atoms with E-state index in [9.17, 15) is 0 Å². The van der Waals surface area contributed by atoms with Crippen LogP contribution in [0.15, 0.2) is 36.9 Å². The van der Waals surface area contributed by atoms with Crippen molar-refractivity contribution in [2.24, 2.45) is 0 Å². The fraction of sp³-hybridized carbons (Fsp3) is 0.333. The minimum atomic E-state index is 0.530. The molecule has 0 aliphatic carbocycles. The molecule has 2 nitrogen and oxygen atoms in total. The first kappa shape index (κ1) is 12.1. The Morgan fingerprint density at radius 3 is 2.53 bits per heavy atom. The third-order valence-electron chi connectivity index (χ3n) is 1.81. The van der Waals surface area contributed by atoms with Gasteiger partial charge >= 0.3 is 0 Å². The Labute approximate surface area is 95.5 Å². The lowest BCUT2D eigenvalue weighted by Crippen LogP contribution is -2.06. The van der Waals surface area contributed by atoms with Crippen LogP contribution in [0.25, 0.3) is 0 Å². The number of benzene rings is 1. The molecule has 3 heteroatoms. The normalized spacial score (nSPS) is 9.93. The molecule has 82 valence electrons. The van der Waals surface area contributed by atoms with E-state index in [1.807, 2.05) is 24.3 Å². The second-order valence-corrected chi connectivity index (χ2v) is 3.26. The van der Waals surface area contributed by atoms with Gasteiger partial charge in [-0.15, -0.1) is 18.2 Å². The van der Waals surface area contributed by atoms with Crippen molar-refractivity contribution in [2.45, 2.75) is 5.88 Å². The molecule has 0 heterocycles. The Kier molecular flexibility index (Phi) is 5.90. The highest BCUT2D eigenvalue weighted by Gasteiger charge is 1.94. The van der Waals surface area contributed by atoms with Gasteiger partial charge in [-0.3, -0.25) is 0 Å². The molecule has 1 aromatic rings. The third-order valence-corrected chi connectivity index (χ3v) is 2.12. The molecule has 0 unspecified atom stereocenters. The molecule has 1 aromatic carbocycles. The van der Waals surface area contributed by atoms with Crippen molar-refractivity contribution in [3.05, 3.63) is 42.5 Å². The predicted octanol–water partition coefficient (Wildman–Crippen LogP) is 3.01. The van der Waals surface area contributed by atoms with Crippen LogP contribution < -0.4 is 4.74 Å².